The number of hydrogen-bond donors (Lipinski definition) is 6. The van der Waals surface area contributed by atoms with Gasteiger partial charge >= 0.3 is 0 Å². The molecule has 0 rings (SSSR count). The molecule has 0 saturated heterocycles. The third-order valence-electron chi connectivity index (χ3n) is 10.2. The minimum atomic E-state index is -0.946. The highest BCUT2D eigenvalue weighted by atomic mass is 16.6. The molecule has 0 aliphatic carbocycles. The van der Waals surface area contributed by atoms with E-state index in [1.807, 2.05) is 41.5 Å². The van der Waals surface area contributed by atoms with Crippen molar-refractivity contribution in [3.63, 3.8) is 0 Å². The van der Waals surface area contributed by atoms with Crippen LogP contribution in [-0.2, 0) is 76.3 Å². The molecule has 0 aliphatic heterocycles. The molecule has 73 heavy (non-hydrogen) atoms. The average molecular weight is 1050 g/mol. The van der Waals surface area contributed by atoms with Crippen LogP contribution >= 0.6 is 0 Å². The second-order valence-corrected chi connectivity index (χ2v) is 21.9. The number of carbonyl (C=O) groups is 8. The van der Waals surface area contributed by atoms with Crippen molar-refractivity contribution >= 4 is 47.0 Å². The number of carbonyl (C=O) groups excluding carboxylic acids is 8. The third kappa shape index (κ3) is 38.1. The minimum Gasteiger partial charge on any atom is -0.378 e. The summed E-state index contributed by atoms with van der Waals surface area (Å²) in [5.74, 6) is -1.39. The van der Waals surface area contributed by atoms with Crippen molar-refractivity contribution in [1.29, 1.82) is 0 Å². The average Bonchev–Trinajstić information content (AvgIpc) is 3.29. The van der Waals surface area contributed by atoms with Crippen LogP contribution in [0.3, 0.4) is 0 Å². The second kappa shape index (κ2) is 37.6. The first-order valence-corrected chi connectivity index (χ1v) is 25.4. The topological polar surface area (TPSA) is 283 Å². The Kier molecular flexibility index (Phi) is 35.4. The van der Waals surface area contributed by atoms with E-state index < -0.39 is 27.1 Å². The van der Waals surface area contributed by atoms with Gasteiger partial charge in [-0.2, -0.15) is 0 Å². The van der Waals surface area contributed by atoms with Crippen LogP contribution in [0, 0.1) is 27.1 Å². The summed E-state index contributed by atoms with van der Waals surface area (Å²) in [6.07, 6.45) is 1.61. The van der Waals surface area contributed by atoms with Gasteiger partial charge in [0.1, 0.15) is 32.2 Å². The summed E-state index contributed by atoms with van der Waals surface area (Å²) in [6, 6.07) is 0. The van der Waals surface area contributed by atoms with Crippen molar-refractivity contribution in [3.8, 4) is 0 Å². The van der Waals surface area contributed by atoms with Gasteiger partial charge in [0.15, 0.2) is 5.78 Å². The van der Waals surface area contributed by atoms with Crippen LogP contribution in [0.25, 0.3) is 0 Å². The lowest BCUT2D eigenvalue weighted by Crippen LogP contribution is -2.43. The van der Waals surface area contributed by atoms with E-state index in [2.05, 4.69) is 31.9 Å². The molecule has 0 unspecified atom stereocenters. The summed E-state index contributed by atoms with van der Waals surface area (Å²) < 4.78 is 46.4. The van der Waals surface area contributed by atoms with Crippen LogP contribution in [0.4, 0.5) is 0 Å². The summed E-state index contributed by atoms with van der Waals surface area (Å²) in [7, 11) is 0. The first-order valence-electron chi connectivity index (χ1n) is 25.4. The van der Waals surface area contributed by atoms with E-state index in [0.29, 0.717) is 32.4 Å². The summed E-state index contributed by atoms with van der Waals surface area (Å²) in [4.78, 5) is 97.9. The maximum atomic E-state index is 12.4. The van der Waals surface area contributed by atoms with E-state index in [0.717, 1.165) is 0 Å². The van der Waals surface area contributed by atoms with E-state index in [1.165, 1.54) is 0 Å². The third-order valence-corrected chi connectivity index (χ3v) is 10.2. The molecule has 0 aliphatic rings. The predicted octanol–water partition coefficient (Wildman–Crippen LogP) is 1.69. The van der Waals surface area contributed by atoms with E-state index in [9.17, 15) is 38.4 Å². The van der Waals surface area contributed by atoms with Gasteiger partial charge in [-0.15, -0.1) is 0 Å². The quantitative estimate of drug-likeness (QED) is 0.0475. The van der Waals surface area contributed by atoms with Gasteiger partial charge < -0.3 is 69.8 Å². The fraction of sp³-hybridized carbons (Fsp3) is 0.843. The molecule has 0 aromatic heterocycles. The number of rotatable bonds is 42. The summed E-state index contributed by atoms with van der Waals surface area (Å²) in [5, 5.41) is 16.5. The van der Waals surface area contributed by atoms with Gasteiger partial charge in [0, 0.05) is 73.8 Å². The van der Waals surface area contributed by atoms with Crippen molar-refractivity contribution in [3.05, 3.63) is 0 Å². The molecular weight excluding hydrogens is 953 g/mol. The standard InChI is InChI=1S/C51H94N6O16/c1-47(2,3)40(59)16-14-17-52-41(60)32-67-24-28-71-36-51(35-70-27-23-66-31-39(58)15-13-18-55-44(63)48(4,5)6,37-72-29-25-68-33-42(61)53-19-21-56-45(64)49(7,8)9)38-73-30-26-69-34-43(62)54-20-22-57-46(65)50(10,11)12/h13-38H2,1-12H3,(H,52,60)(H,53,61)(H,54,62)(H,55,63)(H,56,64)(H,57,65). The van der Waals surface area contributed by atoms with Crippen LogP contribution < -0.4 is 31.9 Å². The van der Waals surface area contributed by atoms with Crippen LogP contribution in [-0.4, -0.2) is 192 Å². The number of ketones is 2. The van der Waals surface area contributed by atoms with Crippen LogP contribution in [0.2, 0.25) is 0 Å². The molecule has 0 fully saturated rings. The number of amides is 6. The summed E-state index contributed by atoms with van der Waals surface area (Å²) >= 11 is 0. The van der Waals surface area contributed by atoms with Gasteiger partial charge in [0.2, 0.25) is 35.4 Å². The normalized spacial score (nSPS) is 12.2. The molecule has 0 spiro atoms. The fourth-order valence-corrected chi connectivity index (χ4v) is 5.67. The highest BCUT2D eigenvalue weighted by Gasteiger charge is 2.33. The Morgan fingerprint density at radius 2 is 0.589 bits per heavy atom. The van der Waals surface area contributed by atoms with E-state index >= 15 is 0 Å². The zero-order valence-corrected chi connectivity index (χ0v) is 46.4. The molecule has 0 saturated carbocycles. The Balaban J connectivity index is 5.53. The molecular formula is C51H94N6O16. The van der Waals surface area contributed by atoms with Crippen LogP contribution in [0.15, 0.2) is 0 Å². The van der Waals surface area contributed by atoms with Crippen molar-refractivity contribution < 1.29 is 76.3 Å². The van der Waals surface area contributed by atoms with E-state index in [4.69, 9.17) is 37.9 Å². The SMILES string of the molecule is CC(C)(C)C(=O)CCCNC(=O)COCCOCC(COCCOCC(=O)CCCNC(=O)C(C)(C)C)(COCCOCC(=O)NCCNC(=O)C(C)(C)C)COCCOCC(=O)NCCNC(=O)C(C)(C)C. The molecule has 0 atom stereocenters. The van der Waals surface area contributed by atoms with Gasteiger partial charge in [0.25, 0.3) is 0 Å². The van der Waals surface area contributed by atoms with Gasteiger partial charge in [-0.3, -0.25) is 38.4 Å². The molecule has 22 heteroatoms. The smallest absolute Gasteiger partial charge is 0.246 e. The molecule has 0 radical (unpaired) electrons. The van der Waals surface area contributed by atoms with E-state index in [1.54, 1.807) is 41.5 Å². The van der Waals surface area contributed by atoms with Crippen LogP contribution in [0.5, 0.6) is 0 Å². The lowest BCUT2D eigenvalue weighted by atomic mass is 9.88. The Labute approximate surface area is 434 Å². The largest absolute Gasteiger partial charge is 0.378 e. The highest BCUT2D eigenvalue weighted by molar-refractivity contribution is 5.84. The number of ether oxygens (including phenoxy) is 8. The predicted molar refractivity (Wildman–Crippen MR) is 273 cm³/mol. The zero-order chi connectivity index (χ0) is 55.4. The molecule has 22 nitrogen and oxygen atoms in total. The highest BCUT2D eigenvalue weighted by Crippen LogP contribution is 2.22. The Bertz CT molecular complexity index is 1400. The Morgan fingerprint density at radius 3 is 0.932 bits per heavy atom. The molecule has 0 aromatic carbocycles. The Hall–Kier alpha value is -4.16. The maximum absolute atomic E-state index is 12.4. The zero-order valence-electron chi connectivity index (χ0n) is 46.4. The molecule has 0 bridgehead atoms. The lowest BCUT2D eigenvalue weighted by molar-refractivity contribution is -0.133. The first kappa shape index (κ1) is 68.8. The fourth-order valence-electron chi connectivity index (χ4n) is 5.67. The number of nitrogens with one attached hydrogen (secondary N) is 6. The van der Waals surface area contributed by atoms with Crippen LogP contribution in [0.1, 0.15) is 109 Å². The molecule has 0 aromatic rings. The van der Waals surface area contributed by atoms with Gasteiger partial charge in [-0.05, 0) is 12.8 Å². The van der Waals surface area contributed by atoms with Gasteiger partial charge in [-0.25, -0.2) is 0 Å². The number of hydrogen-bond acceptors (Lipinski definition) is 16. The van der Waals surface area contributed by atoms with Gasteiger partial charge in [-0.1, -0.05) is 83.1 Å². The molecule has 424 valence electrons. The minimum absolute atomic E-state index is 0.0388. The van der Waals surface area contributed by atoms with Crippen molar-refractivity contribution in [2.24, 2.45) is 27.1 Å². The van der Waals surface area contributed by atoms with Gasteiger partial charge in [0.05, 0.1) is 84.7 Å². The molecule has 6 amide bonds. The molecule has 6 N–H and O–H groups in total. The molecule has 0 heterocycles. The summed E-state index contributed by atoms with van der Waals surface area (Å²) in [6.45, 7) is 23.6. The van der Waals surface area contributed by atoms with Crippen molar-refractivity contribution in [1.82, 2.24) is 31.9 Å². The first-order chi connectivity index (χ1) is 34.1. The second-order valence-electron chi connectivity index (χ2n) is 21.9. The lowest BCUT2D eigenvalue weighted by Gasteiger charge is -2.33. The van der Waals surface area contributed by atoms with Crippen molar-refractivity contribution in [2.75, 3.05) is 145 Å². The van der Waals surface area contributed by atoms with E-state index in [-0.39, 0.29) is 185 Å². The van der Waals surface area contributed by atoms with Crippen molar-refractivity contribution in [2.45, 2.75) is 109 Å². The Morgan fingerprint density at radius 1 is 0.315 bits per heavy atom. The monoisotopic (exact) mass is 1050 g/mol. The maximum Gasteiger partial charge on any atom is 0.246 e. The number of Topliss-reactive ketones (excluding diaryl/α,β-unsaturated/α-hetero) is 2. The summed E-state index contributed by atoms with van der Waals surface area (Å²) in [5.41, 5.74) is -3.00.